The summed E-state index contributed by atoms with van der Waals surface area (Å²) >= 11 is 0. The molecule has 118 valence electrons. The van der Waals surface area contributed by atoms with E-state index in [1.807, 2.05) is 24.3 Å². The largest absolute Gasteiger partial charge is 0.497 e. The van der Waals surface area contributed by atoms with Gasteiger partial charge in [0.05, 0.1) is 7.11 Å². The Balaban J connectivity index is 0.00000220. The summed E-state index contributed by atoms with van der Waals surface area (Å²) in [4.78, 5) is 4.50. The molecule has 0 spiro atoms. The maximum absolute atomic E-state index is 5.95. The van der Waals surface area contributed by atoms with E-state index >= 15 is 0 Å². The van der Waals surface area contributed by atoms with E-state index in [-0.39, 0.29) is 24.0 Å². The van der Waals surface area contributed by atoms with Gasteiger partial charge in [0, 0.05) is 12.2 Å². The molecular formula is C16H26IN3O. The third kappa shape index (κ3) is 5.73. The maximum atomic E-state index is 5.95. The fraction of sp³-hybridized carbons (Fsp3) is 0.562. The van der Waals surface area contributed by atoms with Crippen molar-refractivity contribution >= 4 is 35.6 Å². The first kappa shape index (κ1) is 18.1. The van der Waals surface area contributed by atoms with Crippen LogP contribution in [0, 0.1) is 11.3 Å². The van der Waals surface area contributed by atoms with Gasteiger partial charge in [0.1, 0.15) is 5.75 Å². The number of hydrogen-bond donors (Lipinski definition) is 2. The van der Waals surface area contributed by atoms with E-state index in [0.717, 1.165) is 23.9 Å². The Bertz CT molecular complexity index is 467. The minimum absolute atomic E-state index is 0. The standard InChI is InChI=1S/C16H25N3O.HI/c1-12(2)10-16(8-9-16)11-18-15(17)19-13-4-6-14(20-3)7-5-13;/h4-7,12H,8-11H2,1-3H3,(H3,17,18,19);1H. The molecule has 21 heavy (non-hydrogen) atoms. The lowest BCUT2D eigenvalue weighted by Crippen LogP contribution is -2.24. The lowest BCUT2D eigenvalue weighted by molar-refractivity contribution is 0.399. The van der Waals surface area contributed by atoms with Gasteiger partial charge in [0.2, 0.25) is 0 Å². The number of methoxy groups -OCH3 is 1. The van der Waals surface area contributed by atoms with Crippen molar-refractivity contribution in [1.82, 2.24) is 0 Å². The highest BCUT2D eigenvalue weighted by Crippen LogP contribution is 2.50. The van der Waals surface area contributed by atoms with Crippen LogP contribution < -0.4 is 15.8 Å². The molecule has 1 saturated carbocycles. The fourth-order valence-electron chi connectivity index (χ4n) is 2.58. The smallest absolute Gasteiger partial charge is 0.193 e. The first-order chi connectivity index (χ1) is 9.53. The summed E-state index contributed by atoms with van der Waals surface area (Å²) in [6.07, 6.45) is 3.81. The summed E-state index contributed by atoms with van der Waals surface area (Å²) in [7, 11) is 1.65. The SMILES string of the molecule is COc1ccc(NC(N)=NCC2(CC(C)C)CC2)cc1.I. The van der Waals surface area contributed by atoms with Gasteiger partial charge in [-0.05, 0) is 54.9 Å². The normalized spacial score (nSPS) is 16.3. The molecule has 1 aromatic rings. The number of ether oxygens (including phenoxy) is 1. The van der Waals surface area contributed by atoms with Crippen molar-refractivity contribution in [1.29, 1.82) is 0 Å². The second-order valence-corrected chi connectivity index (χ2v) is 6.15. The minimum Gasteiger partial charge on any atom is -0.497 e. The number of anilines is 1. The zero-order valence-corrected chi connectivity index (χ0v) is 15.4. The Morgan fingerprint density at radius 1 is 1.33 bits per heavy atom. The summed E-state index contributed by atoms with van der Waals surface area (Å²) < 4.78 is 5.12. The summed E-state index contributed by atoms with van der Waals surface area (Å²) in [5, 5.41) is 3.12. The molecule has 0 unspecified atom stereocenters. The van der Waals surface area contributed by atoms with Crippen molar-refractivity contribution in [2.24, 2.45) is 22.1 Å². The van der Waals surface area contributed by atoms with E-state index in [1.165, 1.54) is 19.3 Å². The van der Waals surface area contributed by atoms with Gasteiger partial charge in [-0.2, -0.15) is 0 Å². The van der Waals surface area contributed by atoms with Gasteiger partial charge in [-0.15, -0.1) is 24.0 Å². The van der Waals surface area contributed by atoms with Crippen LogP contribution in [0.3, 0.4) is 0 Å². The van der Waals surface area contributed by atoms with E-state index in [4.69, 9.17) is 10.5 Å². The number of nitrogens with two attached hydrogens (primary N) is 1. The fourth-order valence-corrected chi connectivity index (χ4v) is 2.58. The molecule has 0 radical (unpaired) electrons. The van der Waals surface area contributed by atoms with Crippen LogP contribution in [0.4, 0.5) is 5.69 Å². The number of rotatable bonds is 6. The van der Waals surface area contributed by atoms with Gasteiger partial charge in [-0.25, -0.2) is 0 Å². The highest BCUT2D eigenvalue weighted by molar-refractivity contribution is 14.0. The average Bonchev–Trinajstić information content (AvgIpc) is 3.17. The predicted molar refractivity (Wildman–Crippen MR) is 99.6 cm³/mol. The molecule has 1 fully saturated rings. The number of benzene rings is 1. The molecule has 0 saturated heterocycles. The van der Waals surface area contributed by atoms with E-state index in [0.29, 0.717) is 11.4 Å². The topological polar surface area (TPSA) is 59.6 Å². The number of aliphatic imine (C=N–C) groups is 1. The number of nitrogens with one attached hydrogen (secondary N) is 1. The minimum atomic E-state index is 0. The van der Waals surface area contributed by atoms with Crippen molar-refractivity contribution in [3.8, 4) is 5.75 Å². The molecule has 5 heteroatoms. The number of guanidine groups is 1. The molecule has 3 N–H and O–H groups in total. The third-order valence-corrected chi connectivity index (χ3v) is 3.75. The Morgan fingerprint density at radius 3 is 2.43 bits per heavy atom. The quantitative estimate of drug-likeness (QED) is 0.431. The Morgan fingerprint density at radius 2 is 1.95 bits per heavy atom. The molecular weight excluding hydrogens is 377 g/mol. The van der Waals surface area contributed by atoms with Crippen molar-refractivity contribution < 1.29 is 4.74 Å². The summed E-state index contributed by atoms with van der Waals surface area (Å²) in [5.74, 6) is 2.05. The average molecular weight is 403 g/mol. The molecule has 1 aliphatic rings. The summed E-state index contributed by atoms with van der Waals surface area (Å²) in [6, 6.07) is 7.66. The molecule has 0 aromatic heterocycles. The van der Waals surface area contributed by atoms with Crippen LogP contribution in [0.1, 0.15) is 33.1 Å². The van der Waals surface area contributed by atoms with Gasteiger partial charge < -0.3 is 15.8 Å². The monoisotopic (exact) mass is 403 g/mol. The van der Waals surface area contributed by atoms with E-state index < -0.39 is 0 Å². The Hall–Kier alpha value is -0.980. The van der Waals surface area contributed by atoms with Crippen LogP contribution >= 0.6 is 24.0 Å². The first-order valence-electron chi connectivity index (χ1n) is 7.24. The second-order valence-electron chi connectivity index (χ2n) is 6.15. The zero-order valence-electron chi connectivity index (χ0n) is 13.1. The highest BCUT2D eigenvalue weighted by Gasteiger charge is 2.42. The lowest BCUT2D eigenvalue weighted by Gasteiger charge is -2.15. The molecule has 0 atom stereocenters. The van der Waals surface area contributed by atoms with Crippen LogP contribution in [-0.4, -0.2) is 19.6 Å². The summed E-state index contributed by atoms with van der Waals surface area (Å²) in [5.41, 5.74) is 7.30. The van der Waals surface area contributed by atoms with Crippen molar-refractivity contribution in [2.75, 3.05) is 19.0 Å². The number of halogens is 1. The van der Waals surface area contributed by atoms with Gasteiger partial charge in [-0.3, -0.25) is 4.99 Å². The second kappa shape index (κ2) is 7.87. The van der Waals surface area contributed by atoms with Crippen LogP contribution in [-0.2, 0) is 0 Å². The molecule has 0 heterocycles. The van der Waals surface area contributed by atoms with Crippen molar-refractivity contribution in [2.45, 2.75) is 33.1 Å². The van der Waals surface area contributed by atoms with Crippen LogP contribution in [0.25, 0.3) is 0 Å². The maximum Gasteiger partial charge on any atom is 0.193 e. The molecule has 0 amide bonds. The van der Waals surface area contributed by atoms with E-state index in [9.17, 15) is 0 Å². The molecule has 0 bridgehead atoms. The zero-order chi connectivity index (χ0) is 14.6. The number of hydrogen-bond acceptors (Lipinski definition) is 2. The van der Waals surface area contributed by atoms with Gasteiger partial charge in [0.25, 0.3) is 0 Å². The third-order valence-electron chi connectivity index (χ3n) is 3.75. The van der Waals surface area contributed by atoms with Crippen LogP contribution in [0.15, 0.2) is 29.3 Å². The molecule has 4 nitrogen and oxygen atoms in total. The predicted octanol–water partition coefficient (Wildman–Crippen LogP) is 3.87. The van der Waals surface area contributed by atoms with E-state index in [2.05, 4.69) is 24.2 Å². The highest BCUT2D eigenvalue weighted by atomic mass is 127. The van der Waals surface area contributed by atoms with Gasteiger partial charge in [-0.1, -0.05) is 13.8 Å². The molecule has 1 aromatic carbocycles. The van der Waals surface area contributed by atoms with Crippen LogP contribution in [0.2, 0.25) is 0 Å². The molecule has 1 aliphatic carbocycles. The van der Waals surface area contributed by atoms with Crippen LogP contribution in [0.5, 0.6) is 5.75 Å². The number of nitrogens with zero attached hydrogens (tertiary/aromatic N) is 1. The van der Waals surface area contributed by atoms with Gasteiger partial charge in [0.15, 0.2) is 5.96 Å². The Kier molecular flexibility index (Phi) is 6.77. The Labute approximate surface area is 144 Å². The lowest BCUT2D eigenvalue weighted by atomic mass is 9.94. The summed E-state index contributed by atoms with van der Waals surface area (Å²) in [6.45, 7) is 5.37. The van der Waals surface area contributed by atoms with E-state index in [1.54, 1.807) is 7.11 Å². The van der Waals surface area contributed by atoms with Gasteiger partial charge >= 0.3 is 0 Å². The first-order valence-corrected chi connectivity index (χ1v) is 7.24. The molecule has 2 rings (SSSR count). The van der Waals surface area contributed by atoms with Crippen molar-refractivity contribution in [3.63, 3.8) is 0 Å². The van der Waals surface area contributed by atoms with Crippen molar-refractivity contribution in [3.05, 3.63) is 24.3 Å². The molecule has 0 aliphatic heterocycles.